The van der Waals surface area contributed by atoms with E-state index in [1.54, 1.807) is 0 Å². The fourth-order valence-electron chi connectivity index (χ4n) is 0.943. The van der Waals surface area contributed by atoms with Gasteiger partial charge in [-0.05, 0) is 0 Å². The Kier molecular flexibility index (Phi) is 2.89. The van der Waals surface area contributed by atoms with Gasteiger partial charge in [0.1, 0.15) is 12.4 Å². The number of aliphatic hydroxyl groups excluding tert-OH is 1. The van der Waals surface area contributed by atoms with Crippen LogP contribution in [-0.4, -0.2) is 55.8 Å². The van der Waals surface area contributed by atoms with Crippen LogP contribution in [0.3, 0.4) is 0 Å². The summed E-state index contributed by atoms with van der Waals surface area (Å²) in [6, 6.07) is 0. The predicted molar refractivity (Wildman–Crippen MR) is 43.4 cm³/mol. The van der Waals surface area contributed by atoms with E-state index in [-0.39, 0.29) is 13.2 Å². The van der Waals surface area contributed by atoms with Gasteiger partial charge in [-0.25, -0.2) is 13.5 Å². The monoisotopic (exact) mass is 209 g/mol. The Balaban J connectivity index is 2.50. The quantitative estimate of drug-likeness (QED) is 0.578. The number of amides is 1. The minimum absolute atomic E-state index is 0.0361. The van der Waals surface area contributed by atoms with E-state index in [9.17, 15) is 13.2 Å². The summed E-state index contributed by atoms with van der Waals surface area (Å²) in [7, 11) is -3.33. The summed E-state index contributed by atoms with van der Waals surface area (Å²) < 4.78 is 21.4. The minimum atomic E-state index is -3.33. The third-order valence-electron chi connectivity index (χ3n) is 1.46. The first-order valence-corrected chi connectivity index (χ1v) is 5.73. The molecule has 0 saturated carbocycles. The second kappa shape index (κ2) is 3.60. The zero-order valence-corrected chi connectivity index (χ0v) is 7.95. The molecule has 1 aliphatic rings. The van der Waals surface area contributed by atoms with E-state index in [2.05, 4.69) is 0 Å². The highest BCUT2D eigenvalue weighted by Gasteiger charge is 2.27. The smallest absolute Gasteiger partial charge is 0.261 e. The Hall–Kier alpha value is -0.660. The molecule has 6 nitrogen and oxygen atoms in total. The van der Waals surface area contributed by atoms with E-state index in [1.807, 2.05) is 0 Å². The van der Waals surface area contributed by atoms with E-state index in [4.69, 9.17) is 9.94 Å². The van der Waals surface area contributed by atoms with Gasteiger partial charge in [0.2, 0.25) is 0 Å². The molecule has 0 spiro atoms. The molecular formula is C6H11NO5S. The number of aliphatic hydroxyl groups is 1. The first-order chi connectivity index (χ1) is 5.88. The fourth-order valence-corrected chi connectivity index (χ4v) is 1.54. The van der Waals surface area contributed by atoms with E-state index in [0.717, 1.165) is 11.3 Å². The summed E-state index contributed by atoms with van der Waals surface area (Å²) in [6.07, 6.45) is 0.251. The Morgan fingerprint density at radius 1 is 1.69 bits per heavy atom. The number of β-amino-alcohol motifs (C(OH)–C–C–N with tert-alkyl or cyclic N) is 1. The standard InChI is InChI=1S/C6H11NO5S/c1-13(10,11)4-6(9)7-2-5(8)3-12-7/h5,8H,2-4H2,1H3/t5-/m0/s1. The summed E-state index contributed by atoms with van der Waals surface area (Å²) in [5, 5.41) is 9.86. The number of carbonyl (C=O) groups excluding carboxylic acids is 1. The Morgan fingerprint density at radius 2 is 2.31 bits per heavy atom. The van der Waals surface area contributed by atoms with Gasteiger partial charge in [-0.3, -0.25) is 9.63 Å². The molecule has 1 rings (SSSR count). The summed E-state index contributed by atoms with van der Waals surface area (Å²) in [5.41, 5.74) is 0. The van der Waals surface area contributed by atoms with Gasteiger partial charge in [0, 0.05) is 6.26 Å². The lowest BCUT2D eigenvalue weighted by atomic mass is 10.4. The predicted octanol–water partition coefficient (Wildman–Crippen LogP) is -1.83. The minimum Gasteiger partial charge on any atom is -0.389 e. The topological polar surface area (TPSA) is 83.9 Å². The first kappa shape index (κ1) is 10.4. The van der Waals surface area contributed by atoms with Crippen molar-refractivity contribution in [3.8, 4) is 0 Å². The van der Waals surface area contributed by atoms with Crippen molar-refractivity contribution in [3.05, 3.63) is 0 Å². The lowest BCUT2D eigenvalue weighted by molar-refractivity contribution is -0.165. The SMILES string of the molecule is CS(=O)(=O)CC(=O)N1C[C@H](O)CO1. The number of hydrogen-bond donors (Lipinski definition) is 1. The van der Waals surface area contributed by atoms with Gasteiger partial charge >= 0.3 is 0 Å². The highest BCUT2D eigenvalue weighted by molar-refractivity contribution is 7.91. The molecule has 0 bridgehead atoms. The third-order valence-corrected chi connectivity index (χ3v) is 2.23. The molecule has 1 saturated heterocycles. The first-order valence-electron chi connectivity index (χ1n) is 3.67. The Morgan fingerprint density at radius 3 is 2.69 bits per heavy atom. The van der Waals surface area contributed by atoms with Crippen molar-refractivity contribution in [2.24, 2.45) is 0 Å². The third kappa shape index (κ3) is 3.29. The largest absolute Gasteiger partial charge is 0.389 e. The maximum absolute atomic E-state index is 11.1. The van der Waals surface area contributed by atoms with Gasteiger partial charge in [0.05, 0.1) is 12.6 Å². The van der Waals surface area contributed by atoms with Gasteiger partial charge in [-0.2, -0.15) is 0 Å². The molecule has 1 amide bonds. The van der Waals surface area contributed by atoms with E-state index in [1.165, 1.54) is 0 Å². The van der Waals surface area contributed by atoms with Crippen LogP contribution in [0.1, 0.15) is 0 Å². The van der Waals surface area contributed by atoms with Crippen LogP contribution < -0.4 is 0 Å². The second-order valence-corrected chi connectivity index (χ2v) is 5.11. The maximum atomic E-state index is 11.1. The van der Waals surface area contributed by atoms with Gasteiger partial charge in [0.25, 0.3) is 5.91 Å². The molecule has 1 heterocycles. The summed E-state index contributed by atoms with van der Waals surface area (Å²) in [5.74, 6) is -1.22. The highest BCUT2D eigenvalue weighted by atomic mass is 32.2. The van der Waals surface area contributed by atoms with Crippen LogP contribution in [0, 0.1) is 0 Å². The molecule has 0 aliphatic carbocycles. The molecule has 1 atom stereocenters. The van der Waals surface area contributed by atoms with Crippen molar-refractivity contribution in [1.82, 2.24) is 5.06 Å². The molecular weight excluding hydrogens is 198 g/mol. The van der Waals surface area contributed by atoms with E-state index < -0.39 is 27.6 Å². The van der Waals surface area contributed by atoms with Crippen molar-refractivity contribution in [3.63, 3.8) is 0 Å². The van der Waals surface area contributed by atoms with Crippen molar-refractivity contribution in [2.75, 3.05) is 25.2 Å². The average molecular weight is 209 g/mol. The van der Waals surface area contributed by atoms with Crippen molar-refractivity contribution in [1.29, 1.82) is 0 Å². The Labute approximate surface area is 76.0 Å². The van der Waals surface area contributed by atoms with Crippen LogP contribution in [-0.2, 0) is 19.5 Å². The van der Waals surface area contributed by atoms with E-state index in [0.29, 0.717) is 0 Å². The highest BCUT2D eigenvalue weighted by Crippen LogP contribution is 2.06. The summed E-state index contributed by atoms with van der Waals surface area (Å²) in [6.45, 7) is 0.0733. The second-order valence-electron chi connectivity index (χ2n) is 2.97. The van der Waals surface area contributed by atoms with Crippen LogP contribution in [0.2, 0.25) is 0 Å². The lowest BCUT2D eigenvalue weighted by Crippen LogP contribution is -2.33. The zero-order valence-electron chi connectivity index (χ0n) is 7.13. The van der Waals surface area contributed by atoms with Gasteiger partial charge in [-0.15, -0.1) is 0 Å². The van der Waals surface area contributed by atoms with Gasteiger partial charge in [0.15, 0.2) is 9.84 Å². The lowest BCUT2D eigenvalue weighted by Gasteiger charge is -2.12. The molecule has 13 heavy (non-hydrogen) atoms. The number of hydroxylamine groups is 2. The van der Waals surface area contributed by atoms with Gasteiger partial charge in [-0.1, -0.05) is 0 Å². The van der Waals surface area contributed by atoms with E-state index >= 15 is 0 Å². The van der Waals surface area contributed by atoms with Crippen LogP contribution in [0.4, 0.5) is 0 Å². The molecule has 7 heteroatoms. The van der Waals surface area contributed by atoms with Crippen LogP contribution in [0.25, 0.3) is 0 Å². The molecule has 0 radical (unpaired) electrons. The number of rotatable bonds is 2. The van der Waals surface area contributed by atoms with Crippen LogP contribution in [0.15, 0.2) is 0 Å². The summed E-state index contributed by atoms with van der Waals surface area (Å²) >= 11 is 0. The van der Waals surface area contributed by atoms with Crippen LogP contribution in [0.5, 0.6) is 0 Å². The normalized spacial score (nSPS) is 23.5. The zero-order chi connectivity index (χ0) is 10.1. The molecule has 1 N–H and O–H groups in total. The van der Waals surface area contributed by atoms with Crippen molar-refractivity contribution in [2.45, 2.75) is 6.10 Å². The fraction of sp³-hybridized carbons (Fsp3) is 0.833. The maximum Gasteiger partial charge on any atom is 0.261 e. The number of carbonyl (C=O) groups is 1. The average Bonchev–Trinajstić information content (AvgIpc) is 2.31. The number of nitrogens with zero attached hydrogens (tertiary/aromatic N) is 1. The molecule has 0 aromatic heterocycles. The van der Waals surface area contributed by atoms with Crippen LogP contribution >= 0.6 is 0 Å². The molecule has 0 aromatic rings. The molecule has 0 aromatic carbocycles. The molecule has 0 unspecified atom stereocenters. The van der Waals surface area contributed by atoms with Crippen molar-refractivity contribution >= 4 is 15.7 Å². The van der Waals surface area contributed by atoms with Gasteiger partial charge < -0.3 is 5.11 Å². The molecule has 76 valence electrons. The molecule has 1 fully saturated rings. The molecule has 1 aliphatic heterocycles. The Bertz CT molecular complexity index is 298. The number of sulfone groups is 1. The van der Waals surface area contributed by atoms with Crippen molar-refractivity contribution < 1.29 is 23.2 Å². The summed E-state index contributed by atoms with van der Waals surface area (Å²) in [4.78, 5) is 15.9. The number of hydrogen-bond acceptors (Lipinski definition) is 5.